The number of imidazole rings is 1. The molecule has 0 saturated carbocycles. The molecule has 3 aromatic rings. The summed E-state index contributed by atoms with van der Waals surface area (Å²) in [6.45, 7) is 1.07. The number of aromatic nitrogens is 2. The molecular weight excluding hydrogens is 268 g/mol. The van der Waals surface area contributed by atoms with Gasteiger partial charge in [-0.2, -0.15) is 0 Å². The van der Waals surface area contributed by atoms with Gasteiger partial charge in [-0.25, -0.2) is 9.13 Å². The highest BCUT2D eigenvalue weighted by atomic mass is 15.1. The van der Waals surface area contributed by atoms with Gasteiger partial charge in [-0.15, -0.1) is 0 Å². The summed E-state index contributed by atoms with van der Waals surface area (Å²) >= 11 is 0. The number of benzene rings is 2. The molecule has 0 saturated heterocycles. The normalized spacial score (nSPS) is 10.8. The molecule has 0 radical (unpaired) electrons. The van der Waals surface area contributed by atoms with Crippen LogP contribution in [0.25, 0.3) is 0 Å². The van der Waals surface area contributed by atoms with Crippen molar-refractivity contribution in [2.75, 3.05) is 0 Å². The topological polar surface area (TPSA) is 8.81 Å². The monoisotopic (exact) mass is 291 g/mol. The van der Waals surface area contributed by atoms with Crippen LogP contribution in [-0.4, -0.2) is 4.57 Å². The van der Waals surface area contributed by atoms with Crippen LogP contribution in [-0.2, 0) is 26.4 Å². The van der Waals surface area contributed by atoms with E-state index in [1.165, 1.54) is 23.4 Å². The fourth-order valence-electron chi connectivity index (χ4n) is 2.86. The first-order valence-electron chi connectivity index (χ1n) is 7.94. The molecule has 0 fully saturated rings. The molecule has 3 rings (SSSR count). The second kappa shape index (κ2) is 7.08. The van der Waals surface area contributed by atoms with Gasteiger partial charge < -0.3 is 0 Å². The van der Waals surface area contributed by atoms with Gasteiger partial charge in [0.05, 0.1) is 20.0 Å². The largest absolute Gasteiger partial charge is 0.260 e. The molecule has 0 amide bonds. The molecule has 2 heteroatoms. The van der Waals surface area contributed by atoms with Crippen LogP contribution in [0.15, 0.2) is 73.1 Å². The van der Waals surface area contributed by atoms with E-state index in [-0.39, 0.29) is 0 Å². The highest BCUT2D eigenvalue weighted by Gasteiger charge is 2.14. The summed E-state index contributed by atoms with van der Waals surface area (Å²) in [5, 5.41) is 0. The van der Waals surface area contributed by atoms with E-state index in [0.717, 1.165) is 19.4 Å². The molecule has 2 aromatic carbocycles. The van der Waals surface area contributed by atoms with Crippen molar-refractivity contribution in [1.82, 2.24) is 4.57 Å². The maximum absolute atomic E-state index is 2.38. The Labute approximate surface area is 132 Å². The standard InChI is InChI=1S/C20H23N2/c1-21-15-16-22(14-8-13-18-9-4-2-5-10-18)20(21)17-19-11-6-3-7-12-19/h2-7,9-12,15-16H,8,13-14,17H2,1H3/q+1. The zero-order valence-electron chi connectivity index (χ0n) is 13.2. The fraction of sp³-hybridized carbons (Fsp3) is 0.250. The Morgan fingerprint density at radius 1 is 0.864 bits per heavy atom. The third-order valence-corrected chi connectivity index (χ3v) is 4.12. The quantitative estimate of drug-likeness (QED) is 0.614. The van der Waals surface area contributed by atoms with E-state index < -0.39 is 0 Å². The number of aryl methyl sites for hydroxylation is 3. The smallest absolute Gasteiger partial charge is 0.237 e. The predicted molar refractivity (Wildman–Crippen MR) is 89.6 cm³/mol. The van der Waals surface area contributed by atoms with E-state index >= 15 is 0 Å². The van der Waals surface area contributed by atoms with Gasteiger partial charge in [0.2, 0.25) is 0 Å². The van der Waals surface area contributed by atoms with Crippen molar-refractivity contribution in [3.63, 3.8) is 0 Å². The maximum Gasteiger partial charge on any atom is 0.260 e. The van der Waals surface area contributed by atoms with Gasteiger partial charge in [-0.1, -0.05) is 60.7 Å². The molecule has 0 unspecified atom stereocenters. The van der Waals surface area contributed by atoms with E-state index in [0.29, 0.717) is 0 Å². The molecule has 0 aliphatic heterocycles. The summed E-state index contributed by atoms with van der Waals surface area (Å²) in [4.78, 5) is 0. The number of hydrogen-bond donors (Lipinski definition) is 0. The lowest BCUT2D eigenvalue weighted by Crippen LogP contribution is -2.32. The zero-order valence-corrected chi connectivity index (χ0v) is 13.2. The summed E-state index contributed by atoms with van der Waals surface area (Å²) in [7, 11) is 2.13. The van der Waals surface area contributed by atoms with Crippen LogP contribution in [0.2, 0.25) is 0 Å². The van der Waals surface area contributed by atoms with E-state index in [4.69, 9.17) is 0 Å². The van der Waals surface area contributed by atoms with Crippen molar-refractivity contribution in [2.24, 2.45) is 7.05 Å². The summed E-state index contributed by atoms with van der Waals surface area (Å²) < 4.78 is 4.62. The molecule has 1 aromatic heterocycles. The van der Waals surface area contributed by atoms with Crippen molar-refractivity contribution < 1.29 is 4.57 Å². The van der Waals surface area contributed by atoms with Crippen LogP contribution in [0.4, 0.5) is 0 Å². The Morgan fingerprint density at radius 2 is 1.50 bits per heavy atom. The van der Waals surface area contributed by atoms with E-state index in [1.807, 2.05) is 0 Å². The molecular formula is C20H23N2+. The summed E-state index contributed by atoms with van der Waals surface area (Å²) in [6.07, 6.45) is 7.63. The second-order valence-electron chi connectivity index (χ2n) is 5.77. The molecule has 2 nitrogen and oxygen atoms in total. The minimum atomic E-state index is 0.982. The third-order valence-electron chi connectivity index (χ3n) is 4.12. The van der Waals surface area contributed by atoms with Crippen molar-refractivity contribution in [3.05, 3.63) is 90.0 Å². The minimum Gasteiger partial charge on any atom is -0.237 e. The molecule has 0 bridgehead atoms. The van der Waals surface area contributed by atoms with Crippen molar-refractivity contribution in [3.8, 4) is 0 Å². The average Bonchev–Trinajstić information content (AvgIpc) is 2.90. The first kappa shape index (κ1) is 14.6. The molecule has 0 aliphatic rings. The van der Waals surface area contributed by atoms with E-state index in [2.05, 4.69) is 89.2 Å². The predicted octanol–water partition coefficient (Wildman–Crippen LogP) is 3.54. The van der Waals surface area contributed by atoms with Crippen molar-refractivity contribution in [1.29, 1.82) is 0 Å². The van der Waals surface area contributed by atoms with Crippen LogP contribution in [0, 0.1) is 0 Å². The highest BCUT2D eigenvalue weighted by Crippen LogP contribution is 2.09. The van der Waals surface area contributed by atoms with Crippen molar-refractivity contribution in [2.45, 2.75) is 25.8 Å². The SMILES string of the molecule is C[n+]1ccn(CCCc2ccccc2)c1Cc1ccccc1. The fourth-order valence-corrected chi connectivity index (χ4v) is 2.86. The van der Waals surface area contributed by atoms with Crippen LogP contribution >= 0.6 is 0 Å². The Hall–Kier alpha value is -2.35. The van der Waals surface area contributed by atoms with Gasteiger partial charge in [0, 0.05) is 0 Å². The highest BCUT2D eigenvalue weighted by molar-refractivity contribution is 5.18. The van der Waals surface area contributed by atoms with Gasteiger partial charge in [-0.3, -0.25) is 0 Å². The van der Waals surface area contributed by atoms with Crippen LogP contribution in [0.1, 0.15) is 23.4 Å². The van der Waals surface area contributed by atoms with Crippen LogP contribution in [0.3, 0.4) is 0 Å². The molecule has 112 valence electrons. The van der Waals surface area contributed by atoms with Gasteiger partial charge in [0.25, 0.3) is 5.82 Å². The Kier molecular flexibility index (Phi) is 4.69. The molecule has 0 spiro atoms. The van der Waals surface area contributed by atoms with Crippen molar-refractivity contribution >= 4 is 0 Å². The first-order valence-corrected chi connectivity index (χ1v) is 7.94. The summed E-state index contributed by atoms with van der Waals surface area (Å²) in [5.41, 5.74) is 2.78. The number of rotatable bonds is 6. The van der Waals surface area contributed by atoms with Gasteiger partial charge in [-0.05, 0) is 24.0 Å². The minimum absolute atomic E-state index is 0.982. The third kappa shape index (κ3) is 3.64. The maximum atomic E-state index is 2.38. The lowest BCUT2D eigenvalue weighted by atomic mass is 10.1. The van der Waals surface area contributed by atoms with Gasteiger partial charge in [0.1, 0.15) is 12.4 Å². The van der Waals surface area contributed by atoms with E-state index in [9.17, 15) is 0 Å². The van der Waals surface area contributed by atoms with E-state index in [1.54, 1.807) is 0 Å². The molecule has 0 aliphatic carbocycles. The summed E-state index contributed by atoms with van der Waals surface area (Å²) in [6, 6.07) is 21.4. The Bertz CT molecular complexity index is 699. The van der Waals surface area contributed by atoms with Gasteiger partial charge in [0.15, 0.2) is 0 Å². The molecule has 1 heterocycles. The lowest BCUT2D eigenvalue weighted by Gasteiger charge is -2.04. The number of nitrogens with zero attached hydrogens (tertiary/aromatic N) is 2. The second-order valence-corrected chi connectivity index (χ2v) is 5.77. The van der Waals surface area contributed by atoms with Crippen LogP contribution < -0.4 is 4.57 Å². The molecule has 0 N–H and O–H groups in total. The Balaban J connectivity index is 1.64. The average molecular weight is 291 g/mol. The first-order chi connectivity index (χ1) is 10.8. The number of hydrogen-bond acceptors (Lipinski definition) is 0. The molecule has 22 heavy (non-hydrogen) atoms. The molecule has 0 atom stereocenters. The lowest BCUT2D eigenvalue weighted by molar-refractivity contribution is -0.678. The van der Waals surface area contributed by atoms with Crippen LogP contribution in [0.5, 0.6) is 0 Å². The summed E-state index contributed by atoms with van der Waals surface area (Å²) in [5.74, 6) is 1.36. The zero-order chi connectivity index (χ0) is 15.2. The Morgan fingerprint density at radius 3 is 2.18 bits per heavy atom. The van der Waals surface area contributed by atoms with Gasteiger partial charge >= 0.3 is 0 Å².